The number of hydrogen-bond donors (Lipinski definition) is 2. The molecule has 0 unspecified atom stereocenters. The summed E-state index contributed by atoms with van der Waals surface area (Å²) in [5.74, 6) is -0.404. The molecule has 0 saturated carbocycles. The highest BCUT2D eigenvalue weighted by Crippen LogP contribution is 2.18. The molecule has 0 radical (unpaired) electrons. The number of ether oxygens (including phenoxy) is 1. The van der Waals surface area contributed by atoms with E-state index in [2.05, 4.69) is 5.32 Å². The number of carbonyl (C=O) groups excluding carboxylic acids is 2. The van der Waals surface area contributed by atoms with E-state index in [1.807, 2.05) is 30.3 Å². The van der Waals surface area contributed by atoms with E-state index in [0.29, 0.717) is 19.6 Å². The van der Waals surface area contributed by atoms with Crippen molar-refractivity contribution >= 4 is 11.9 Å². The molecule has 1 aliphatic rings. The molecule has 6 nitrogen and oxygen atoms in total. The van der Waals surface area contributed by atoms with Crippen LogP contribution in [-0.2, 0) is 20.7 Å². The molecule has 2 N–H and O–H groups in total. The number of rotatable bonds is 9. The summed E-state index contributed by atoms with van der Waals surface area (Å²) >= 11 is 0. The van der Waals surface area contributed by atoms with Crippen LogP contribution >= 0.6 is 0 Å². The highest BCUT2D eigenvalue weighted by Gasteiger charge is 2.32. The Balaban J connectivity index is 1.98. The van der Waals surface area contributed by atoms with Crippen LogP contribution in [0, 0.1) is 0 Å². The lowest BCUT2D eigenvalue weighted by atomic mass is 10.0. The molecular formula is C20H30N2O4. The van der Waals surface area contributed by atoms with E-state index < -0.39 is 12.1 Å². The van der Waals surface area contributed by atoms with Gasteiger partial charge in [-0.25, -0.2) is 0 Å². The van der Waals surface area contributed by atoms with Crippen molar-refractivity contribution in [1.82, 2.24) is 10.2 Å². The first-order chi connectivity index (χ1) is 12.6. The van der Waals surface area contributed by atoms with E-state index in [9.17, 15) is 14.7 Å². The van der Waals surface area contributed by atoms with Gasteiger partial charge in [0.2, 0.25) is 5.91 Å². The molecule has 144 valence electrons. The molecule has 1 amide bonds. The highest BCUT2D eigenvalue weighted by atomic mass is 16.5. The standard InChI is InChI=1S/C20H30N2O4/c1-3-26-20(25)18(12-11-16-8-5-4-6-9-16)21-15(2)19(24)22-13-7-10-17(22)14-23/h4-6,8-9,15,17-18,21,23H,3,7,10-14H2,1-2H3/t15-,17-,18-/m0/s1. The van der Waals surface area contributed by atoms with Crippen molar-refractivity contribution in [2.24, 2.45) is 0 Å². The Morgan fingerprint density at radius 1 is 1.35 bits per heavy atom. The maximum Gasteiger partial charge on any atom is 0.323 e. The Morgan fingerprint density at radius 3 is 2.73 bits per heavy atom. The Hall–Kier alpha value is -1.92. The smallest absolute Gasteiger partial charge is 0.323 e. The van der Waals surface area contributed by atoms with Gasteiger partial charge in [-0.15, -0.1) is 0 Å². The van der Waals surface area contributed by atoms with Crippen LogP contribution < -0.4 is 5.32 Å². The van der Waals surface area contributed by atoms with Gasteiger partial charge in [-0.05, 0) is 45.1 Å². The molecular weight excluding hydrogens is 332 g/mol. The first-order valence-electron chi connectivity index (χ1n) is 9.44. The number of likely N-dealkylation sites (tertiary alicyclic amines) is 1. The minimum atomic E-state index is -0.538. The van der Waals surface area contributed by atoms with Crippen molar-refractivity contribution < 1.29 is 19.4 Å². The zero-order valence-electron chi connectivity index (χ0n) is 15.7. The summed E-state index contributed by atoms with van der Waals surface area (Å²) < 4.78 is 5.17. The lowest BCUT2D eigenvalue weighted by Crippen LogP contribution is -2.52. The van der Waals surface area contributed by atoms with Gasteiger partial charge in [0.25, 0.3) is 0 Å². The van der Waals surface area contributed by atoms with Gasteiger partial charge >= 0.3 is 5.97 Å². The number of hydrogen-bond acceptors (Lipinski definition) is 5. The van der Waals surface area contributed by atoms with Crippen LogP contribution in [0.1, 0.15) is 38.7 Å². The van der Waals surface area contributed by atoms with E-state index >= 15 is 0 Å². The van der Waals surface area contributed by atoms with Gasteiger partial charge in [-0.1, -0.05) is 30.3 Å². The summed E-state index contributed by atoms with van der Waals surface area (Å²) in [6.45, 7) is 4.49. The Bertz CT molecular complexity index is 578. The van der Waals surface area contributed by atoms with Gasteiger partial charge in [0.05, 0.1) is 25.3 Å². The van der Waals surface area contributed by atoms with Crippen LogP contribution in [0.15, 0.2) is 30.3 Å². The zero-order valence-corrected chi connectivity index (χ0v) is 15.7. The monoisotopic (exact) mass is 362 g/mol. The Morgan fingerprint density at radius 2 is 2.08 bits per heavy atom. The van der Waals surface area contributed by atoms with E-state index in [0.717, 1.165) is 24.8 Å². The van der Waals surface area contributed by atoms with Crippen LogP contribution in [-0.4, -0.2) is 59.8 Å². The number of nitrogens with one attached hydrogen (secondary N) is 1. The average Bonchev–Trinajstić information content (AvgIpc) is 3.14. The van der Waals surface area contributed by atoms with Crippen molar-refractivity contribution in [1.29, 1.82) is 0 Å². The summed E-state index contributed by atoms with van der Waals surface area (Å²) in [5, 5.41) is 12.6. The fraction of sp³-hybridized carbons (Fsp3) is 0.600. The summed E-state index contributed by atoms with van der Waals surface area (Å²) in [6, 6.07) is 8.78. The third-order valence-corrected chi connectivity index (χ3v) is 4.83. The summed E-state index contributed by atoms with van der Waals surface area (Å²) in [5.41, 5.74) is 1.14. The van der Waals surface area contributed by atoms with Crippen LogP contribution in [0.4, 0.5) is 0 Å². The zero-order chi connectivity index (χ0) is 18.9. The minimum Gasteiger partial charge on any atom is -0.465 e. The second kappa shape index (κ2) is 10.3. The molecule has 1 saturated heterocycles. The average molecular weight is 362 g/mol. The second-order valence-corrected chi connectivity index (χ2v) is 6.73. The molecule has 0 aromatic heterocycles. The van der Waals surface area contributed by atoms with Crippen LogP contribution in [0.3, 0.4) is 0 Å². The molecule has 6 heteroatoms. The maximum atomic E-state index is 12.7. The summed E-state index contributed by atoms with van der Waals surface area (Å²) in [6.07, 6.45) is 3.01. The summed E-state index contributed by atoms with van der Waals surface area (Å²) in [7, 11) is 0. The molecule has 0 spiro atoms. The Kier molecular flexibility index (Phi) is 8.06. The molecule has 1 aliphatic heterocycles. The number of carbonyl (C=O) groups is 2. The van der Waals surface area contributed by atoms with Crippen molar-refractivity contribution in [3.8, 4) is 0 Å². The quantitative estimate of drug-likeness (QED) is 0.651. The van der Waals surface area contributed by atoms with Gasteiger partial charge < -0.3 is 14.7 Å². The van der Waals surface area contributed by atoms with Crippen molar-refractivity contribution in [3.05, 3.63) is 35.9 Å². The third-order valence-electron chi connectivity index (χ3n) is 4.83. The molecule has 1 aromatic rings. The SMILES string of the molecule is CCOC(=O)[C@H](CCc1ccccc1)N[C@@H](C)C(=O)N1CCC[C@H]1CO. The number of nitrogens with zero attached hydrogens (tertiary/aromatic N) is 1. The molecule has 0 aliphatic carbocycles. The molecule has 3 atom stereocenters. The molecule has 1 heterocycles. The largest absolute Gasteiger partial charge is 0.465 e. The first-order valence-corrected chi connectivity index (χ1v) is 9.44. The lowest BCUT2D eigenvalue weighted by Gasteiger charge is -2.28. The molecule has 26 heavy (non-hydrogen) atoms. The van der Waals surface area contributed by atoms with E-state index in [4.69, 9.17) is 4.74 Å². The number of aliphatic hydroxyl groups is 1. The van der Waals surface area contributed by atoms with Crippen molar-refractivity contribution in [2.75, 3.05) is 19.8 Å². The van der Waals surface area contributed by atoms with Gasteiger partial charge in [0.15, 0.2) is 0 Å². The predicted molar refractivity (Wildman–Crippen MR) is 99.6 cm³/mol. The van der Waals surface area contributed by atoms with Gasteiger partial charge in [0.1, 0.15) is 6.04 Å². The van der Waals surface area contributed by atoms with Crippen molar-refractivity contribution in [2.45, 2.75) is 57.7 Å². The van der Waals surface area contributed by atoms with Gasteiger partial charge in [0, 0.05) is 6.54 Å². The highest BCUT2D eigenvalue weighted by molar-refractivity contribution is 5.83. The molecule has 1 fully saturated rings. The van der Waals surface area contributed by atoms with Crippen LogP contribution in [0.2, 0.25) is 0 Å². The van der Waals surface area contributed by atoms with E-state index in [-0.39, 0.29) is 24.5 Å². The van der Waals surface area contributed by atoms with Gasteiger partial charge in [-0.3, -0.25) is 14.9 Å². The van der Waals surface area contributed by atoms with Crippen LogP contribution in [0.5, 0.6) is 0 Å². The number of benzene rings is 1. The molecule has 0 bridgehead atoms. The summed E-state index contributed by atoms with van der Waals surface area (Å²) in [4.78, 5) is 26.7. The first kappa shape index (κ1) is 20.4. The fourth-order valence-electron chi connectivity index (χ4n) is 3.41. The third kappa shape index (κ3) is 5.54. The number of esters is 1. The van der Waals surface area contributed by atoms with Crippen LogP contribution in [0.25, 0.3) is 0 Å². The minimum absolute atomic E-state index is 0.0201. The number of amides is 1. The molecule has 1 aromatic carbocycles. The normalized spacial score (nSPS) is 19.2. The van der Waals surface area contributed by atoms with E-state index in [1.165, 1.54) is 0 Å². The topological polar surface area (TPSA) is 78.9 Å². The van der Waals surface area contributed by atoms with Gasteiger partial charge in [-0.2, -0.15) is 0 Å². The van der Waals surface area contributed by atoms with Crippen molar-refractivity contribution in [3.63, 3.8) is 0 Å². The lowest BCUT2D eigenvalue weighted by molar-refractivity contribution is -0.146. The number of aliphatic hydroxyl groups excluding tert-OH is 1. The molecule has 2 rings (SSSR count). The second-order valence-electron chi connectivity index (χ2n) is 6.73. The maximum absolute atomic E-state index is 12.7. The fourth-order valence-corrected chi connectivity index (χ4v) is 3.41. The Labute approximate surface area is 155 Å². The number of aryl methyl sites for hydroxylation is 1. The predicted octanol–water partition coefficient (Wildman–Crippen LogP) is 1.51. The van der Waals surface area contributed by atoms with E-state index in [1.54, 1.807) is 18.7 Å².